The van der Waals surface area contributed by atoms with Gasteiger partial charge >= 0.3 is 10.4 Å². The summed E-state index contributed by atoms with van der Waals surface area (Å²) in [5.74, 6) is 0.0967. The molecule has 0 amide bonds. The highest BCUT2D eigenvalue weighted by atomic mass is 32.3. The number of benzene rings is 2. The van der Waals surface area contributed by atoms with E-state index in [4.69, 9.17) is 27.7 Å². The van der Waals surface area contributed by atoms with Gasteiger partial charge < -0.3 is 41.3 Å². The summed E-state index contributed by atoms with van der Waals surface area (Å²) in [5, 5.41) is 63.2. The molecule has 2 rings (SSSR count). The molecule has 0 radical (unpaired) electrons. The normalized spacial score (nSPS) is 13.4. The number of aliphatic hydroxyl groups excluding tert-OH is 4. The van der Waals surface area contributed by atoms with E-state index in [9.17, 15) is 20.4 Å². The Bertz CT molecular complexity index is 1030. The summed E-state index contributed by atoms with van der Waals surface area (Å²) < 4.78 is 31.6. The molecule has 2 aromatic rings. The SMILES string of the molecule is CC(C)(C)NC[C@H](O)c1ccc(O)c(CO)c1.CC(C)(C)NC[C@H](O)c1ccc(O)c(CO)c1.O=S(=O)(O)O. The predicted octanol–water partition coefficient (Wildman–Crippen LogP) is 1.96. The van der Waals surface area contributed by atoms with Gasteiger partial charge in [0.2, 0.25) is 0 Å². The molecule has 0 aliphatic carbocycles. The van der Waals surface area contributed by atoms with Crippen molar-refractivity contribution in [1.29, 1.82) is 0 Å². The molecule has 0 saturated heterocycles. The molecule has 12 nitrogen and oxygen atoms in total. The van der Waals surface area contributed by atoms with Crippen LogP contribution in [-0.2, 0) is 23.6 Å². The molecule has 39 heavy (non-hydrogen) atoms. The molecule has 0 fully saturated rings. The van der Waals surface area contributed by atoms with Crippen molar-refractivity contribution in [3.63, 3.8) is 0 Å². The standard InChI is InChI=1S/2C13H21NO3.H2O4S/c2*1-13(2,3)14-7-12(17)9-4-5-11(16)10(6-9)8-15;1-5(2,3)4/h2*4-6,12,14-17H,7-8H2,1-3H3;(H2,1,2,3,4)/t2*12-;/m00./s1. The number of nitrogens with one attached hydrogen (secondary N) is 2. The molecule has 0 bridgehead atoms. The summed E-state index contributed by atoms with van der Waals surface area (Å²) in [4.78, 5) is 0. The van der Waals surface area contributed by atoms with Crippen LogP contribution in [0, 0.1) is 0 Å². The van der Waals surface area contributed by atoms with Crippen molar-refractivity contribution in [3.05, 3.63) is 58.7 Å². The summed E-state index contributed by atoms with van der Waals surface area (Å²) in [6.45, 7) is 12.5. The lowest BCUT2D eigenvalue weighted by molar-refractivity contribution is 0.162. The van der Waals surface area contributed by atoms with Crippen LogP contribution in [0.15, 0.2) is 36.4 Å². The zero-order valence-electron chi connectivity index (χ0n) is 23.2. The smallest absolute Gasteiger partial charge is 0.394 e. The quantitative estimate of drug-likeness (QED) is 0.204. The third-order valence-corrected chi connectivity index (χ3v) is 4.97. The molecule has 2 aromatic carbocycles. The van der Waals surface area contributed by atoms with Gasteiger partial charge in [-0.05, 0) is 76.9 Å². The van der Waals surface area contributed by atoms with Gasteiger partial charge in [-0.15, -0.1) is 0 Å². The second kappa shape index (κ2) is 16.1. The summed E-state index contributed by atoms with van der Waals surface area (Å²) in [7, 11) is -4.67. The Kier molecular flexibility index (Phi) is 15.1. The van der Waals surface area contributed by atoms with Crippen LogP contribution < -0.4 is 10.6 Å². The van der Waals surface area contributed by atoms with Gasteiger partial charge in [0.05, 0.1) is 25.4 Å². The van der Waals surface area contributed by atoms with Crippen molar-refractivity contribution in [1.82, 2.24) is 10.6 Å². The van der Waals surface area contributed by atoms with Gasteiger partial charge in [0.15, 0.2) is 0 Å². The Balaban J connectivity index is 0.000000632. The maximum atomic E-state index is 9.97. The number of aromatic hydroxyl groups is 2. The van der Waals surface area contributed by atoms with Crippen molar-refractivity contribution in [2.24, 2.45) is 0 Å². The van der Waals surface area contributed by atoms with E-state index >= 15 is 0 Å². The van der Waals surface area contributed by atoms with Crippen molar-refractivity contribution in [2.75, 3.05) is 13.1 Å². The molecule has 0 aliphatic rings. The number of hydrogen-bond acceptors (Lipinski definition) is 10. The largest absolute Gasteiger partial charge is 0.508 e. The highest BCUT2D eigenvalue weighted by Gasteiger charge is 2.16. The first-order valence-electron chi connectivity index (χ1n) is 12.1. The summed E-state index contributed by atoms with van der Waals surface area (Å²) in [6.07, 6.45) is -1.31. The number of aliphatic hydroxyl groups is 4. The minimum absolute atomic E-state index is 0.0484. The van der Waals surface area contributed by atoms with E-state index in [1.807, 2.05) is 41.5 Å². The molecule has 10 N–H and O–H groups in total. The van der Waals surface area contributed by atoms with Gasteiger partial charge in [0, 0.05) is 35.3 Å². The number of rotatable bonds is 8. The van der Waals surface area contributed by atoms with Gasteiger partial charge in [-0.3, -0.25) is 9.11 Å². The van der Waals surface area contributed by atoms with Crippen molar-refractivity contribution in [3.8, 4) is 11.5 Å². The first kappa shape index (κ1) is 36.7. The fraction of sp³-hybridized carbons (Fsp3) is 0.538. The number of phenols is 2. The maximum absolute atomic E-state index is 9.97. The van der Waals surface area contributed by atoms with E-state index in [1.165, 1.54) is 12.1 Å². The molecule has 0 saturated carbocycles. The van der Waals surface area contributed by atoms with Crippen molar-refractivity contribution >= 4 is 10.4 Å². The highest BCUT2D eigenvalue weighted by molar-refractivity contribution is 7.79. The van der Waals surface area contributed by atoms with Crippen molar-refractivity contribution in [2.45, 2.75) is 78.0 Å². The van der Waals surface area contributed by atoms with Gasteiger partial charge in [0.1, 0.15) is 11.5 Å². The molecular weight excluding hydrogens is 532 g/mol. The Hall–Kier alpha value is -2.33. The average Bonchev–Trinajstić information content (AvgIpc) is 2.80. The van der Waals surface area contributed by atoms with E-state index in [0.717, 1.165) is 0 Å². The highest BCUT2D eigenvalue weighted by Crippen LogP contribution is 2.23. The Labute approximate surface area is 230 Å². The van der Waals surface area contributed by atoms with E-state index in [2.05, 4.69) is 10.6 Å². The zero-order valence-corrected chi connectivity index (χ0v) is 24.1. The van der Waals surface area contributed by atoms with Crippen LogP contribution in [0.5, 0.6) is 11.5 Å². The minimum atomic E-state index is -4.67. The molecular formula is C26H44N2O10S. The monoisotopic (exact) mass is 576 g/mol. The zero-order chi connectivity index (χ0) is 30.6. The molecule has 0 spiro atoms. The predicted molar refractivity (Wildman–Crippen MR) is 148 cm³/mol. The number of β-amino-alcohol motifs (C(OH)–C–C–N with tert-alkyl or cyclic N) is 2. The molecule has 0 aromatic heterocycles. The van der Waals surface area contributed by atoms with Crippen LogP contribution in [0.4, 0.5) is 0 Å². The average molecular weight is 577 g/mol. The fourth-order valence-corrected chi connectivity index (χ4v) is 2.92. The summed E-state index contributed by atoms with van der Waals surface area (Å²) in [5.41, 5.74) is 2.11. The Morgan fingerprint density at radius 1 is 0.692 bits per heavy atom. The first-order valence-corrected chi connectivity index (χ1v) is 13.5. The second-order valence-electron chi connectivity index (χ2n) is 10.8. The third-order valence-electron chi connectivity index (χ3n) is 4.97. The van der Waals surface area contributed by atoms with E-state index < -0.39 is 22.6 Å². The van der Waals surface area contributed by atoms with Crippen LogP contribution in [0.1, 0.15) is 76.0 Å². The van der Waals surface area contributed by atoms with Crippen LogP contribution in [0.25, 0.3) is 0 Å². The van der Waals surface area contributed by atoms with Crippen molar-refractivity contribution < 1.29 is 48.2 Å². The molecule has 0 aliphatic heterocycles. The van der Waals surface area contributed by atoms with E-state index in [-0.39, 0.29) is 35.8 Å². The number of hydrogen-bond donors (Lipinski definition) is 10. The van der Waals surface area contributed by atoms with Gasteiger partial charge in [-0.25, -0.2) is 0 Å². The molecule has 2 atom stereocenters. The van der Waals surface area contributed by atoms with E-state index in [1.54, 1.807) is 24.3 Å². The molecule has 0 heterocycles. The molecule has 224 valence electrons. The first-order chi connectivity index (χ1) is 17.7. The minimum Gasteiger partial charge on any atom is -0.508 e. The van der Waals surface area contributed by atoms with Crippen LogP contribution in [-0.4, -0.2) is 72.3 Å². The summed E-state index contributed by atoms with van der Waals surface area (Å²) in [6, 6.07) is 9.52. The molecule has 0 unspecified atom stereocenters. The van der Waals surface area contributed by atoms with Crippen LogP contribution >= 0.6 is 0 Å². The lowest BCUT2D eigenvalue weighted by atomic mass is 10.0. The fourth-order valence-electron chi connectivity index (χ4n) is 2.92. The van der Waals surface area contributed by atoms with Gasteiger partial charge in [0.25, 0.3) is 0 Å². The molecule has 13 heteroatoms. The Morgan fingerprint density at radius 3 is 1.21 bits per heavy atom. The topological polar surface area (TPSA) is 220 Å². The van der Waals surface area contributed by atoms with Crippen LogP contribution in [0.3, 0.4) is 0 Å². The Morgan fingerprint density at radius 2 is 0.974 bits per heavy atom. The maximum Gasteiger partial charge on any atom is 0.394 e. The van der Waals surface area contributed by atoms with E-state index in [0.29, 0.717) is 35.3 Å². The van der Waals surface area contributed by atoms with Gasteiger partial charge in [-0.1, -0.05) is 12.1 Å². The third kappa shape index (κ3) is 17.8. The lowest BCUT2D eigenvalue weighted by Gasteiger charge is -2.23. The van der Waals surface area contributed by atoms with Gasteiger partial charge in [-0.2, -0.15) is 8.42 Å². The lowest BCUT2D eigenvalue weighted by Crippen LogP contribution is -2.38. The summed E-state index contributed by atoms with van der Waals surface area (Å²) >= 11 is 0. The second-order valence-corrected chi connectivity index (χ2v) is 11.7. The van der Waals surface area contributed by atoms with Crippen LogP contribution in [0.2, 0.25) is 0 Å².